The summed E-state index contributed by atoms with van der Waals surface area (Å²) in [5, 5.41) is 2.42. The number of aryl methyl sites for hydroxylation is 1. The van der Waals surface area contributed by atoms with Crippen LogP contribution in [0.2, 0.25) is 10.0 Å². The first-order chi connectivity index (χ1) is 13.0. The van der Waals surface area contributed by atoms with E-state index in [1.807, 2.05) is 31.2 Å². The second-order valence-electron chi connectivity index (χ2n) is 6.06. The number of aromatic nitrogens is 1. The van der Waals surface area contributed by atoms with Crippen LogP contribution < -0.4 is 0 Å². The lowest BCUT2D eigenvalue weighted by Gasteiger charge is -2.04. The highest BCUT2D eigenvalue weighted by Gasteiger charge is 2.22. The number of benzene rings is 2. The number of para-hydroxylation sites is 1. The number of rotatable bonds is 4. The molecule has 2 aromatic carbocycles. The van der Waals surface area contributed by atoms with Crippen LogP contribution in [-0.2, 0) is 4.74 Å². The van der Waals surface area contributed by atoms with Gasteiger partial charge in [-0.05, 0) is 25.1 Å². The van der Waals surface area contributed by atoms with Crippen LogP contribution in [-0.4, -0.2) is 23.3 Å². The molecule has 0 aliphatic rings. The zero-order valence-electron chi connectivity index (χ0n) is 14.1. The van der Waals surface area contributed by atoms with Gasteiger partial charge in [-0.3, -0.25) is 4.79 Å². The van der Waals surface area contributed by atoms with Crippen LogP contribution in [0.15, 0.2) is 42.5 Å². The van der Waals surface area contributed by atoms with Crippen molar-refractivity contribution in [2.24, 2.45) is 0 Å². The summed E-state index contributed by atoms with van der Waals surface area (Å²) >= 11 is 13.5. The number of thiophene rings is 1. The zero-order valence-corrected chi connectivity index (χ0v) is 16.5. The molecule has 0 spiro atoms. The quantitative estimate of drug-likeness (QED) is 0.325. The van der Waals surface area contributed by atoms with Crippen molar-refractivity contribution in [2.45, 2.75) is 6.92 Å². The monoisotopic (exact) mass is 417 g/mol. The summed E-state index contributed by atoms with van der Waals surface area (Å²) in [6.07, 6.45) is 0. The van der Waals surface area contributed by atoms with Gasteiger partial charge in [0.05, 0.1) is 5.02 Å². The molecule has 27 heavy (non-hydrogen) atoms. The van der Waals surface area contributed by atoms with E-state index in [2.05, 4.69) is 4.98 Å². The molecule has 0 saturated heterocycles. The van der Waals surface area contributed by atoms with E-state index < -0.39 is 5.97 Å². The van der Waals surface area contributed by atoms with E-state index in [4.69, 9.17) is 27.9 Å². The molecule has 0 saturated carbocycles. The van der Waals surface area contributed by atoms with E-state index in [1.165, 1.54) is 11.3 Å². The van der Waals surface area contributed by atoms with Crippen LogP contribution >= 0.6 is 34.5 Å². The molecular formula is C20H13Cl2NO3S. The van der Waals surface area contributed by atoms with E-state index in [-0.39, 0.29) is 17.3 Å². The Labute approximate surface area is 168 Å². The molecule has 0 atom stereocenters. The van der Waals surface area contributed by atoms with Crippen LogP contribution in [0.25, 0.3) is 21.0 Å². The number of halogens is 2. The largest absolute Gasteiger partial charge is 0.453 e. The number of hydrogen-bond donors (Lipinski definition) is 1. The second-order valence-corrected chi connectivity index (χ2v) is 7.92. The van der Waals surface area contributed by atoms with Gasteiger partial charge < -0.3 is 9.72 Å². The summed E-state index contributed by atoms with van der Waals surface area (Å²) in [5.41, 5.74) is 2.15. The maximum Gasteiger partial charge on any atom is 0.350 e. The summed E-state index contributed by atoms with van der Waals surface area (Å²) in [6.45, 7) is 1.47. The van der Waals surface area contributed by atoms with Crippen molar-refractivity contribution in [3.05, 3.63) is 68.6 Å². The zero-order chi connectivity index (χ0) is 19.1. The number of aromatic amines is 1. The van der Waals surface area contributed by atoms with Gasteiger partial charge in [-0.1, -0.05) is 47.5 Å². The molecule has 0 radical (unpaired) electrons. The average molecular weight is 418 g/mol. The van der Waals surface area contributed by atoms with Crippen molar-refractivity contribution in [1.29, 1.82) is 0 Å². The first-order valence-corrected chi connectivity index (χ1v) is 9.68. The van der Waals surface area contributed by atoms with Gasteiger partial charge in [-0.25, -0.2) is 4.79 Å². The number of Topliss-reactive ketones (excluding diaryl/α,β-unsaturated/α-hetero) is 1. The average Bonchev–Trinajstić information content (AvgIpc) is 3.15. The molecule has 0 fully saturated rings. The molecular weight excluding hydrogens is 405 g/mol. The van der Waals surface area contributed by atoms with Gasteiger partial charge in [0.15, 0.2) is 6.61 Å². The fraction of sp³-hybridized carbons (Fsp3) is 0.100. The third-order valence-corrected chi connectivity index (χ3v) is 6.16. The van der Waals surface area contributed by atoms with Crippen LogP contribution in [0.3, 0.4) is 0 Å². The Bertz CT molecular complexity index is 1210. The van der Waals surface area contributed by atoms with Crippen LogP contribution in [0.1, 0.15) is 25.7 Å². The van der Waals surface area contributed by atoms with E-state index >= 15 is 0 Å². The first-order valence-electron chi connectivity index (χ1n) is 8.11. The topological polar surface area (TPSA) is 59.2 Å². The minimum Gasteiger partial charge on any atom is -0.453 e. The summed E-state index contributed by atoms with van der Waals surface area (Å²) in [7, 11) is 0. The Kier molecular flexibility index (Phi) is 4.68. The summed E-state index contributed by atoms with van der Waals surface area (Å²) in [6, 6.07) is 12.7. The Balaban J connectivity index is 1.56. The van der Waals surface area contributed by atoms with Crippen molar-refractivity contribution in [2.75, 3.05) is 6.61 Å². The Morgan fingerprint density at radius 3 is 2.70 bits per heavy atom. The van der Waals surface area contributed by atoms with Crippen molar-refractivity contribution < 1.29 is 14.3 Å². The maximum absolute atomic E-state index is 12.6. The highest BCUT2D eigenvalue weighted by atomic mass is 35.5. The SMILES string of the molecule is Cc1[nH]c2ccccc2c1C(=O)COC(=O)c1sc2cc(Cl)ccc2c1Cl. The van der Waals surface area contributed by atoms with Crippen LogP contribution in [0.5, 0.6) is 0 Å². The molecule has 0 unspecified atom stereocenters. The lowest BCUT2D eigenvalue weighted by atomic mass is 10.1. The molecule has 0 aliphatic heterocycles. The Morgan fingerprint density at radius 2 is 1.89 bits per heavy atom. The van der Waals surface area contributed by atoms with E-state index in [0.717, 1.165) is 26.7 Å². The Hall–Kier alpha value is -2.34. The number of hydrogen-bond acceptors (Lipinski definition) is 4. The van der Waals surface area contributed by atoms with Gasteiger partial charge in [0, 0.05) is 37.3 Å². The number of ketones is 1. The number of nitrogens with one attached hydrogen (secondary N) is 1. The van der Waals surface area contributed by atoms with E-state index in [9.17, 15) is 9.59 Å². The van der Waals surface area contributed by atoms with Gasteiger partial charge >= 0.3 is 5.97 Å². The summed E-state index contributed by atoms with van der Waals surface area (Å²) in [5.74, 6) is -0.887. The first kappa shape index (κ1) is 18.0. The predicted molar refractivity (Wildman–Crippen MR) is 109 cm³/mol. The van der Waals surface area contributed by atoms with Gasteiger partial charge in [0.25, 0.3) is 0 Å². The second kappa shape index (κ2) is 7.00. The predicted octanol–water partition coefficient (Wildman–Crippen LogP) is 6.04. The third kappa shape index (κ3) is 3.23. The third-order valence-electron chi connectivity index (χ3n) is 4.28. The van der Waals surface area contributed by atoms with Gasteiger partial charge in [0.1, 0.15) is 4.88 Å². The highest BCUT2D eigenvalue weighted by molar-refractivity contribution is 7.21. The van der Waals surface area contributed by atoms with Gasteiger partial charge in [-0.2, -0.15) is 0 Å². The van der Waals surface area contributed by atoms with Crippen molar-refractivity contribution in [3.8, 4) is 0 Å². The number of fused-ring (bicyclic) bond motifs is 2. The van der Waals surface area contributed by atoms with Crippen molar-refractivity contribution in [3.63, 3.8) is 0 Å². The smallest absolute Gasteiger partial charge is 0.350 e. The minimum absolute atomic E-state index is 0.261. The van der Waals surface area contributed by atoms with E-state index in [0.29, 0.717) is 15.6 Å². The molecule has 0 amide bonds. The van der Waals surface area contributed by atoms with Crippen LogP contribution in [0.4, 0.5) is 0 Å². The molecule has 1 N–H and O–H groups in total. The fourth-order valence-electron chi connectivity index (χ4n) is 3.08. The molecule has 136 valence electrons. The normalized spacial score (nSPS) is 11.2. The molecule has 2 aromatic heterocycles. The van der Waals surface area contributed by atoms with E-state index in [1.54, 1.807) is 18.2 Å². The van der Waals surface area contributed by atoms with Crippen molar-refractivity contribution in [1.82, 2.24) is 4.98 Å². The van der Waals surface area contributed by atoms with Gasteiger partial charge in [0.2, 0.25) is 5.78 Å². The maximum atomic E-state index is 12.6. The molecule has 4 rings (SSSR count). The molecule has 2 heterocycles. The standard InChI is InChI=1S/C20H13Cl2NO3S/c1-10-17(12-4-2-3-5-14(12)23-10)15(24)9-26-20(25)19-18(22)13-7-6-11(21)8-16(13)27-19/h2-8,23H,9H2,1H3. The fourth-order valence-corrected chi connectivity index (χ4v) is 4.75. The Morgan fingerprint density at radius 1 is 1.11 bits per heavy atom. The number of carbonyl (C=O) groups is 2. The van der Waals surface area contributed by atoms with Gasteiger partial charge in [-0.15, -0.1) is 11.3 Å². The number of carbonyl (C=O) groups excluding carboxylic acids is 2. The van der Waals surface area contributed by atoms with Crippen molar-refractivity contribution >= 4 is 67.3 Å². The number of esters is 1. The molecule has 7 heteroatoms. The lowest BCUT2D eigenvalue weighted by Crippen LogP contribution is -2.14. The molecule has 0 aliphatic carbocycles. The summed E-state index contributed by atoms with van der Waals surface area (Å²) < 4.78 is 6.04. The van der Waals surface area contributed by atoms with Crippen LogP contribution in [0, 0.1) is 6.92 Å². The molecule has 4 aromatic rings. The highest BCUT2D eigenvalue weighted by Crippen LogP contribution is 2.37. The number of H-pyrrole nitrogens is 1. The molecule has 4 nitrogen and oxygen atoms in total. The lowest BCUT2D eigenvalue weighted by molar-refractivity contribution is 0.0480. The molecule has 0 bridgehead atoms. The minimum atomic E-state index is -0.622. The number of ether oxygens (including phenoxy) is 1. The summed E-state index contributed by atoms with van der Waals surface area (Å²) in [4.78, 5) is 28.5.